The van der Waals surface area contributed by atoms with Gasteiger partial charge in [0.05, 0.1) is 5.92 Å². The highest BCUT2D eigenvalue weighted by molar-refractivity contribution is 6.00. The summed E-state index contributed by atoms with van der Waals surface area (Å²) in [7, 11) is 0. The first kappa shape index (κ1) is 21.5. The summed E-state index contributed by atoms with van der Waals surface area (Å²) in [6.07, 6.45) is 2.93. The van der Waals surface area contributed by atoms with Crippen molar-refractivity contribution < 1.29 is 38.1 Å². The molecule has 0 aliphatic carbocycles. The predicted molar refractivity (Wildman–Crippen MR) is 104 cm³/mol. The van der Waals surface area contributed by atoms with Crippen LogP contribution in [0.2, 0.25) is 0 Å². The van der Waals surface area contributed by atoms with Crippen molar-refractivity contribution in [2.75, 3.05) is 6.61 Å². The van der Waals surface area contributed by atoms with Gasteiger partial charge in [-0.25, -0.2) is 9.59 Å². The first-order valence-electron chi connectivity index (χ1n) is 9.56. The first-order valence-corrected chi connectivity index (χ1v) is 9.56. The first-order chi connectivity index (χ1) is 14.0. The van der Waals surface area contributed by atoms with Gasteiger partial charge in [0.1, 0.15) is 24.6 Å². The highest BCUT2D eigenvalue weighted by Gasteiger charge is 2.51. The summed E-state index contributed by atoms with van der Waals surface area (Å²) < 4.78 is 21.8. The topological polar surface area (TPSA) is 105 Å². The molecule has 2 bridgehead atoms. The van der Waals surface area contributed by atoms with E-state index in [0.29, 0.717) is 11.3 Å². The fourth-order valence-electron chi connectivity index (χ4n) is 3.66. The second kappa shape index (κ2) is 7.93. The molecule has 8 nitrogen and oxygen atoms in total. The number of carbonyl (C=O) groups is 4. The molecule has 1 saturated heterocycles. The largest absolute Gasteiger partial charge is 0.479 e. The monoisotopic (exact) mass is 416 g/mol. The second-order valence-corrected chi connectivity index (χ2v) is 7.81. The molecule has 8 heteroatoms. The molecule has 0 aromatic carbocycles. The summed E-state index contributed by atoms with van der Waals surface area (Å²) in [5.74, 6) is -2.22. The Hall–Kier alpha value is -3.16. The highest BCUT2D eigenvalue weighted by atomic mass is 16.6. The van der Waals surface area contributed by atoms with E-state index >= 15 is 0 Å². The number of esters is 3. The van der Waals surface area contributed by atoms with Crippen molar-refractivity contribution in [2.24, 2.45) is 5.92 Å². The van der Waals surface area contributed by atoms with Crippen LogP contribution in [0.1, 0.15) is 34.1 Å². The van der Waals surface area contributed by atoms with Crippen LogP contribution in [0.25, 0.3) is 0 Å². The average molecular weight is 416 g/mol. The Labute approximate surface area is 174 Å². The molecule has 30 heavy (non-hydrogen) atoms. The van der Waals surface area contributed by atoms with Crippen LogP contribution in [0, 0.1) is 5.92 Å². The van der Waals surface area contributed by atoms with E-state index in [0.717, 1.165) is 0 Å². The molecule has 0 unspecified atom stereocenters. The standard InChI is InChI=1S/C22H24O8/c1-11(6-7-27-14(4)23)20(25)29-17-10-22(5)18(24)9-15(30-22)12(2)8-16-19(17)13(3)21(26)28-16/h6,8-9,16-17,19H,3,7,10H2,1-2,4-5H3/b11-6+,12-8-/t16-,17-,19+,22+/m1/s1. The van der Waals surface area contributed by atoms with Gasteiger partial charge in [-0.2, -0.15) is 0 Å². The fraction of sp³-hybridized carbons (Fsp3) is 0.455. The number of fused-ring (bicyclic) bond motifs is 3. The van der Waals surface area contributed by atoms with Crippen molar-refractivity contribution >= 4 is 23.7 Å². The van der Waals surface area contributed by atoms with Crippen molar-refractivity contribution in [3.8, 4) is 0 Å². The van der Waals surface area contributed by atoms with Crippen molar-refractivity contribution in [2.45, 2.75) is 51.9 Å². The Kier molecular flexibility index (Phi) is 5.70. The molecule has 0 aromatic rings. The Bertz CT molecular complexity index is 921. The molecule has 3 aliphatic heterocycles. The van der Waals surface area contributed by atoms with Gasteiger partial charge in [-0.15, -0.1) is 0 Å². The lowest BCUT2D eigenvalue weighted by atomic mass is 9.82. The number of hydrogen-bond donors (Lipinski definition) is 0. The Morgan fingerprint density at radius 1 is 1.33 bits per heavy atom. The minimum Gasteiger partial charge on any atom is -0.479 e. The molecule has 0 amide bonds. The van der Waals surface area contributed by atoms with Gasteiger partial charge in [0.2, 0.25) is 5.78 Å². The lowest BCUT2D eigenvalue weighted by Gasteiger charge is -2.31. The van der Waals surface area contributed by atoms with Crippen LogP contribution in [0.3, 0.4) is 0 Å². The van der Waals surface area contributed by atoms with Gasteiger partial charge in [0.25, 0.3) is 0 Å². The van der Waals surface area contributed by atoms with E-state index in [1.165, 1.54) is 26.0 Å². The van der Waals surface area contributed by atoms with Crippen molar-refractivity contribution in [3.05, 3.63) is 47.3 Å². The quantitative estimate of drug-likeness (QED) is 0.390. The number of carbonyl (C=O) groups excluding carboxylic acids is 4. The van der Waals surface area contributed by atoms with Crippen LogP contribution >= 0.6 is 0 Å². The Morgan fingerprint density at radius 3 is 2.70 bits per heavy atom. The molecule has 0 spiro atoms. The fourth-order valence-corrected chi connectivity index (χ4v) is 3.66. The number of hydrogen-bond acceptors (Lipinski definition) is 8. The summed E-state index contributed by atoms with van der Waals surface area (Å²) in [5, 5.41) is 0. The maximum atomic E-state index is 12.7. The molecule has 0 N–H and O–H groups in total. The molecule has 160 valence electrons. The molecule has 3 heterocycles. The summed E-state index contributed by atoms with van der Waals surface area (Å²) in [6.45, 7) is 9.90. The molecule has 4 atom stereocenters. The zero-order valence-corrected chi connectivity index (χ0v) is 17.4. The van der Waals surface area contributed by atoms with Crippen LogP contribution in [0.4, 0.5) is 0 Å². The molecule has 1 fully saturated rings. The summed E-state index contributed by atoms with van der Waals surface area (Å²) in [6, 6.07) is 0. The molecule has 0 aromatic heterocycles. The normalized spacial score (nSPS) is 32.5. The smallest absolute Gasteiger partial charge is 0.334 e. The number of ether oxygens (including phenoxy) is 4. The van der Waals surface area contributed by atoms with Gasteiger partial charge in [0, 0.05) is 30.6 Å². The number of ketones is 1. The molecule has 3 rings (SSSR count). The van der Waals surface area contributed by atoms with Crippen LogP contribution in [-0.2, 0) is 38.1 Å². The van der Waals surface area contributed by atoms with Gasteiger partial charge >= 0.3 is 17.9 Å². The Morgan fingerprint density at radius 2 is 2.03 bits per heavy atom. The SMILES string of the molecule is C=C1C(=O)O[C@@H]2/C=C(/C)C3=CC(=O)[C@](C)(C[C@@H](OC(=O)/C(C)=C/COC(C)=O)[C@@H]12)O3. The zero-order valence-electron chi connectivity index (χ0n) is 17.4. The Balaban J connectivity index is 1.91. The highest BCUT2D eigenvalue weighted by Crippen LogP contribution is 2.42. The van der Waals surface area contributed by atoms with E-state index in [2.05, 4.69) is 6.58 Å². The molecular weight excluding hydrogens is 392 g/mol. The maximum Gasteiger partial charge on any atom is 0.334 e. The molecule has 3 aliphatic rings. The number of allylic oxidation sites excluding steroid dienone is 1. The van der Waals surface area contributed by atoms with E-state index < -0.39 is 41.6 Å². The third-order valence-electron chi connectivity index (χ3n) is 5.43. The lowest BCUT2D eigenvalue weighted by molar-refractivity contribution is -0.153. The van der Waals surface area contributed by atoms with Crippen LogP contribution < -0.4 is 0 Å². The van der Waals surface area contributed by atoms with Crippen LogP contribution in [-0.4, -0.2) is 48.1 Å². The van der Waals surface area contributed by atoms with Crippen molar-refractivity contribution in [3.63, 3.8) is 0 Å². The van der Waals surface area contributed by atoms with Gasteiger partial charge in [0.15, 0.2) is 5.60 Å². The predicted octanol–water partition coefficient (Wildman–Crippen LogP) is 2.10. The maximum absolute atomic E-state index is 12.7. The van der Waals surface area contributed by atoms with Gasteiger partial charge in [-0.1, -0.05) is 6.58 Å². The lowest BCUT2D eigenvalue weighted by Crippen LogP contribution is -2.42. The minimum absolute atomic E-state index is 0.0206. The van der Waals surface area contributed by atoms with E-state index in [-0.39, 0.29) is 30.0 Å². The van der Waals surface area contributed by atoms with E-state index in [1.54, 1.807) is 19.9 Å². The van der Waals surface area contributed by atoms with Gasteiger partial charge < -0.3 is 18.9 Å². The van der Waals surface area contributed by atoms with E-state index in [4.69, 9.17) is 18.9 Å². The van der Waals surface area contributed by atoms with E-state index in [9.17, 15) is 19.2 Å². The number of rotatable bonds is 4. The summed E-state index contributed by atoms with van der Waals surface area (Å²) >= 11 is 0. The van der Waals surface area contributed by atoms with E-state index in [1.807, 2.05) is 0 Å². The van der Waals surface area contributed by atoms with Gasteiger partial charge in [-0.05, 0) is 38.5 Å². The van der Waals surface area contributed by atoms with Crippen LogP contribution in [0.15, 0.2) is 47.3 Å². The van der Waals surface area contributed by atoms with Crippen LogP contribution in [0.5, 0.6) is 0 Å². The minimum atomic E-state index is -1.24. The third kappa shape index (κ3) is 4.08. The second-order valence-electron chi connectivity index (χ2n) is 7.81. The molecule has 0 saturated carbocycles. The molecular formula is C22H24O8. The van der Waals surface area contributed by atoms with Gasteiger partial charge in [-0.3, -0.25) is 9.59 Å². The summed E-state index contributed by atoms with van der Waals surface area (Å²) in [5.41, 5.74) is -0.205. The van der Waals surface area contributed by atoms with Crippen molar-refractivity contribution in [1.29, 1.82) is 0 Å². The molecule has 0 radical (unpaired) electrons. The summed E-state index contributed by atoms with van der Waals surface area (Å²) in [4.78, 5) is 48.3. The third-order valence-corrected chi connectivity index (χ3v) is 5.43. The van der Waals surface area contributed by atoms with Crippen molar-refractivity contribution in [1.82, 2.24) is 0 Å². The zero-order chi connectivity index (χ0) is 22.2. The average Bonchev–Trinajstić information content (AvgIpc) is 3.10.